The number of rotatable bonds is 3. The highest BCUT2D eigenvalue weighted by atomic mass is 19.1. The maximum Gasteiger partial charge on any atom is 0.322 e. The molecular formula is C22H22FN5O2. The number of amides is 2. The van der Waals surface area contributed by atoms with Gasteiger partial charge in [0.1, 0.15) is 23.2 Å². The van der Waals surface area contributed by atoms with E-state index in [9.17, 15) is 9.18 Å². The number of hydrogen-bond acceptors (Lipinski definition) is 5. The van der Waals surface area contributed by atoms with Gasteiger partial charge < -0.3 is 19.9 Å². The maximum atomic E-state index is 14.4. The first-order chi connectivity index (χ1) is 14.4. The highest BCUT2D eigenvalue weighted by Crippen LogP contribution is 2.31. The number of carbonyl (C=O) groups is 1. The average molecular weight is 407 g/mol. The van der Waals surface area contributed by atoms with Crippen LogP contribution in [0.5, 0.6) is 5.75 Å². The van der Waals surface area contributed by atoms with Gasteiger partial charge in [-0.2, -0.15) is 10.5 Å². The van der Waals surface area contributed by atoms with Gasteiger partial charge in [0.25, 0.3) is 0 Å². The van der Waals surface area contributed by atoms with Crippen LogP contribution in [0.1, 0.15) is 25.0 Å². The number of carbonyl (C=O) groups excluding carboxylic acids is 1. The Bertz CT molecular complexity index is 1030. The monoisotopic (exact) mass is 407 g/mol. The number of urea groups is 1. The van der Waals surface area contributed by atoms with E-state index in [4.69, 9.17) is 15.3 Å². The normalized spacial score (nSPS) is 18.3. The van der Waals surface area contributed by atoms with Gasteiger partial charge in [0.15, 0.2) is 0 Å². The van der Waals surface area contributed by atoms with Crippen LogP contribution in [-0.4, -0.2) is 43.2 Å². The summed E-state index contributed by atoms with van der Waals surface area (Å²) in [6.45, 7) is 4.81. The van der Waals surface area contributed by atoms with Gasteiger partial charge in [-0.05, 0) is 44.2 Å². The fourth-order valence-electron chi connectivity index (χ4n) is 3.60. The van der Waals surface area contributed by atoms with Gasteiger partial charge in [0.2, 0.25) is 0 Å². The van der Waals surface area contributed by atoms with E-state index in [1.54, 1.807) is 35.2 Å². The number of anilines is 2. The first-order valence-corrected chi connectivity index (χ1v) is 9.50. The molecule has 2 atom stereocenters. The second-order valence-corrected chi connectivity index (χ2v) is 7.24. The average Bonchev–Trinajstić information content (AvgIpc) is 2.74. The van der Waals surface area contributed by atoms with E-state index in [-0.39, 0.29) is 29.4 Å². The molecule has 0 aliphatic carbocycles. The molecule has 1 saturated heterocycles. The SMILES string of the molecule is COc1cc(N2C[C@@H](C)N(C(=O)Nc3ccc(C#N)cc3)C[C@@H]2C)cc(F)c1C#N. The Hall–Kier alpha value is -3.78. The molecule has 0 spiro atoms. The van der Waals surface area contributed by atoms with Crippen molar-refractivity contribution >= 4 is 17.4 Å². The van der Waals surface area contributed by atoms with Gasteiger partial charge in [-0.1, -0.05) is 0 Å². The lowest BCUT2D eigenvalue weighted by Gasteiger charge is -2.45. The van der Waals surface area contributed by atoms with E-state index < -0.39 is 5.82 Å². The number of hydrogen-bond donors (Lipinski definition) is 1. The summed E-state index contributed by atoms with van der Waals surface area (Å²) in [4.78, 5) is 16.5. The number of nitrogens with zero attached hydrogens (tertiary/aromatic N) is 4. The minimum atomic E-state index is -0.632. The topological polar surface area (TPSA) is 92.4 Å². The number of ether oxygens (including phenoxy) is 1. The third kappa shape index (κ3) is 4.13. The van der Waals surface area contributed by atoms with Crippen LogP contribution >= 0.6 is 0 Å². The van der Waals surface area contributed by atoms with Crippen LogP contribution in [0.2, 0.25) is 0 Å². The Labute approximate surface area is 174 Å². The minimum Gasteiger partial charge on any atom is -0.495 e. The summed E-state index contributed by atoms with van der Waals surface area (Å²) in [7, 11) is 1.40. The fourth-order valence-corrected chi connectivity index (χ4v) is 3.60. The molecule has 2 aromatic carbocycles. The zero-order valence-corrected chi connectivity index (χ0v) is 17.0. The van der Waals surface area contributed by atoms with E-state index in [1.807, 2.05) is 30.9 Å². The molecule has 7 nitrogen and oxygen atoms in total. The molecular weight excluding hydrogens is 385 g/mol. The summed E-state index contributed by atoms with van der Waals surface area (Å²) < 4.78 is 19.5. The Kier molecular flexibility index (Phi) is 6.08. The first-order valence-electron chi connectivity index (χ1n) is 9.50. The molecule has 8 heteroatoms. The van der Waals surface area contributed by atoms with Crippen molar-refractivity contribution in [2.75, 3.05) is 30.4 Å². The number of piperazine rings is 1. The Morgan fingerprint density at radius 1 is 1.13 bits per heavy atom. The van der Waals surface area contributed by atoms with E-state index in [0.717, 1.165) is 0 Å². The summed E-state index contributed by atoms with van der Waals surface area (Å²) in [5, 5.41) is 20.9. The lowest BCUT2D eigenvalue weighted by molar-refractivity contribution is 0.173. The van der Waals surface area contributed by atoms with Crippen LogP contribution in [-0.2, 0) is 0 Å². The van der Waals surface area contributed by atoms with Crippen molar-refractivity contribution in [1.82, 2.24) is 4.90 Å². The maximum absolute atomic E-state index is 14.4. The van der Waals surface area contributed by atoms with Crippen LogP contribution in [0.4, 0.5) is 20.6 Å². The molecule has 0 radical (unpaired) electrons. The quantitative estimate of drug-likeness (QED) is 0.837. The van der Waals surface area contributed by atoms with Gasteiger partial charge in [-0.25, -0.2) is 9.18 Å². The van der Waals surface area contributed by atoms with Crippen LogP contribution < -0.4 is 15.0 Å². The van der Waals surface area contributed by atoms with Crippen molar-refractivity contribution in [2.45, 2.75) is 25.9 Å². The number of nitriles is 2. The molecule has 154 valence electrons. The van der Waals surface area contributed by atoms with Crippen LogP contribution in [0, 0.1) is 28.5 Å². The van der Waals surface area contributed by atoms with Gasteiger partial charge in [-0.15, -0.1) is 0 Å². The number of benzene rings is 2. The van der Waals surface area contributed by atoms with Crippen molar-refractivity contribution in [3.05, 3.63) is 53.3 Å². The zero-order valence-electron chi connectivity index (χ0n) is 17.0. The number of nitrogens with one attached hydrogen (secondary N) is 1. The van der Waals surface area contributed by atoms with Crippen molar-refractivity contribution in [2.24, 2.45) is 0 Å². The molecule has 2 amide bonds. The van der Waals surface area contributed by atoms with Gasteiger partial charge >= 0.3 is 6.03 Å². The number of methoxy groups -OCH3 is 1. The van der Waals surface area contributed by atoms with Crippen LogP contribution in [0.15, 0.2) is 36.4 Å². The van der Waals surface area contributed by atoms with Gasteiger partial charge in [0, 0.05) is 42.6 Å². The Morgan fingerprint density at radius 3 is 2.43 bits per heavy atom. The summed E-state index contributed by atoms with van der Waals surface area (Å²) in [6.07, 6.45) is 0. The molecule has 0 unspecified atom stereocenters. The van der Waals surface area contributed by atoms with E-state index in [0.29, 0.717) is 30.0 Å². The first kappa shape index (κ1) is 20.9. The molecule has 1 aliphatic rings. The molecule has 30 heavy (non-hydrogen) atoms. The highest BCUT2D eigenvalue weighted by molar-refractivity contribution is 5.89. The van der Waals surface area contributed by atoms with Gasteiger partial charge in [0.05, 0.1) is 18.7 Å². The predicted molar refractivity (Wildman–Crippen MR) is 111 cm³/mol. The third-order valence-corrected chi connectivity index (χ3v) is 5.21. The molecule has 1 fully saturated rings. The summed E-state index contributed by atoms with van der Waals surface area (Å²) in [5.41, 5.74) is 1.62. The lowest BCUT2D eigenvalue weighted by Crippen LogP contribution is -2.59. The highest BCUT2D eigenvalue weighted by Gasteiger charge is 2.33. The van der Waals surface area contributed by atoms with E-state index in [2.05, 4.69) is 5.32 Å². The standard InChI is InChI=1S/C22H22FN5O2/c1-14-13-28(22(29)26-17-6-4-16(10-24)5-7-17)15(2)12-27(14)18-8-20(23)19(11-25)21(9-18)30-3/h4-9,14-15H,12-13H2,1-3H3,(H,26,29)/t14-,15+/m0/s1. The van der Waals surface area contributed by atoms with Crippen molar-refractivity contribution < 1.29 is 13.9 Å². The third-order valence-electron chi connectivity index (χ3n) is 5.21. The van der Waals surface area contributed by atoms with E-state index in [1.165, 1.54) is 13.2 Å². The second-order valence-electron chi connectivity index (χ2n) is 7.24. The molecule has 1 aliphatic heterocycles. The zero-order chi connectivity index (χ0) is 21.8. The van der Waals surface area contributed by atoms with E-state index >= 15 is 0 Å². The van der Waals surface area contributed by atoms with Crippen molar-refractivity contribution in [3.8, 4) is 17.9 Å². The Morgan fingerprint density at radius 2 is 1.83 bits per heavy atom. The lowest BCUT2D eigenvalue weighted by atomic mass is 10.1. The minimum absolute atomic E-state index is 0.0787. The molecule has 0 bridgehead atoms. The van der Waals surface area contributed by atoms with Crippen molar-refractivity contribution in [3.63, 3.8) is 0 Å². The molecule has 0 aromatic heterocycles. The van der Waals surface area contributed by atoms with Crippen LogP contribution in [0.25, 0.3) is 0 Å². The second kappa shape index (κ2) is 8.71. The van der Waals surface area contributed by atoms with Gasteiger partial charge in [-0.3, -0.25) is 0 Å². The molecule has 2 aromatic rings. The molecule has 1 heterocycles. The summed E-state index contributed by atoms with van der Waals surface area (Å²) in [6, 6.07) is 13.1. The van der Waals surface area contributed by atoms with Crippen LogP contribution in [0.3, 0.4) is 0 Å². The smallest absolute Gasteiger partial charge is 0.322 e. The fraction of sp³-hybridized carbons (Fsp3) is 0.318. The molecule has 3 rings (SSSR count). The molecule has 0 saturated carbocycles. The predicted octanol–water partition coefficient (Wildman–Crippen LogP) is 3.71. The van der Waals surface area contributed by atoms with Crippen molar-refractivity contribution in [1.29, 1.82) is 10.5 Å². The number of halogens is 1. The summed E-state index contributed by atoms with van der Waals surface area (Å²) >= 11 is 0. The summed E-state index contributed by atoms with van der Waals surface area (Å²) in [5.74, 6) is -0.443. The Balaban J connectivity index is 1.75. The molecule has 1 N–H and O–H groups in total. The largest absolute Gasteiger partial charge is 0.495 e.